The molecule has 9 nitrogen and oxygen atoms in total. The number of thioether (sulfide) groups is 1. The Kier molecular flexibility index (Phi) is 16.9. The highest BCUT2D eigenvalue weighted by Crippen LogP contribution is 2.47. The van der Waals surface area contributed by atoms with Crippen LogP contribution >= 0.6 is 11.8 Å². The Morgan fingerprint density at radius 2 is 1.14 bits per heavy atom. The molecule has 0 aliphatic carbocycles. The topological polar surface area (TPSA) is 92.8 Å². The zero-order valence-corrected chi connectivity index (χ0v) is 37.5. The molecule has 6 aromatic rings. The van der Waals surface area contributed by atoms with E-state index >= 15 is 0 Å². The van der Waals surface area contributed by atoms with E-state index in [2.05, 4.69) is 0 Å². The minimum absolute atomic E-state index is 0.0518. The Hall–Kier alpha value is -5.59. The highest BCUT2D eigenvalue weighted by molar-refractivity contribution is 8.01. The van der Waals surface area contributed by atoms with Crippen LogP contribution in [-0.2, 0) is 71.0 Å². The smallest absolute Gasteiger partial charge is 0.349 e. The summed E-state index contributed by atoms with van der Waals surface area (Å²) in [5.41, 5.74) is 5.80. The number of aryl methyl sites for hydroxylation is 1. The molecule has 1 aliphatic rings. The Labute approximate surface area is 381 Å². The Morgan fingerprint density at radius 3 is 1.66 bits per heavy atom. The van der Waals surface area contributed by atoms with E-state index in [4.69, 9.17) is 28.4 Å². The summed E-state index contributed by atoms with van der Waals surface area (Å²) in [4.78, 5) is 29.9. The van der Waals surface area contributed by atoms with E-state index in [1.807, 2.05) is 183 Å². The molecule has 0 aromatic heterocycles. The maximum atomic E-state index is 14.6. The van der Waals surface area contributed by atoms with Gasteiger partial charge in [0.15, 0.2) is 0 Å². The van der Waals surface area contributed by atoms with Crippen LogP contribution in [0.2, 0.25) is 0 Å². The molecule has 6 aromatic carbocycles. The molecule has 0 spiro atoms. The molecular weight excluding hydrogens is 823 g/mol. The second kappa shape index (κ2) is 23.4. The van der Waals surface area contributed by atoms with Gasteiger partial charge in [-0.05, 0) is 46.9 Å². The van der Waals surface area contributed by atoms with Crippen LogP contribution in [0, 0.1) is 6.92 Å². The van der Waals surface area contributed by atoms with Crippen molar-refractivity contribution in [3.05, 3.63) is 209 Å². The number of carbonyl (C=O) groups excluding carboxylic acids is 2. The number of methoxy groups -OCH3 is 1. The molecular formula is C54H57NO8S. The van der Waals surface area contributed by atoms with Crippen LogP contribution in [0.1, 0.15) is 46.7 Å². The third-order valence-electron chi connectivity index (χ3n) is 11.3. The summed E-state index contributed by atoms with van der Waals surface area (Å²) in [6.45, 7) is 4.85. The van der Waals surface area contributed by atoms with Crippen molar-refractivity contribution in [3.8, 4) is 0 Å². The minimum atomic E-state index is -1.65. The average molecular weight is 880 g/mol. The van der Waals surface area contributed by atoms with Gasteiger partial charge in [0.1, 0.15) is 18.3 Å². The van der Waals surface area contributed by atoms with Gasteiger partial charge in [-0.25, -0.2) is 4.79 Å². The minimum Gasteiger partial charge on any atom is -0.466 e. The normalized spacial score (nSPS) is 19.3. The van der Waals surface area contributed by atoms with E-state index < -0.39 is 41.4 Å². The lowest BCUT2D eigenvalue weighted by atomic mass is 9.87. The fourth-order valence-electron chi connectivity index (χ4n) is 7.97. The molecule has 1 fully saturated rings. The predicted molar refractivity (Wildman–Crippen MR) is 249 cm³/mol. The highest BCUT2D eigenvalue weighted by Gasteiger charge is 2.59. The van der Waals surface area contributed by atoms with E-state index in [1.165, 1.54) is 18.9 Å². The standard InChI is InChI=1S/C54H57NO8S/c1-40-29-31-47(32-30-40)64-54(53(57)58-3)33-48(60-36-44-23-13-6-14-24-44)50(55(41(2)56)34-42-19-9-4-10-20-42)52(63-54)51(62-38-46-27-17-8-18-28-46)49(61-37-45-25-15-7-16-26-45)39-59-35-43-21-11-5-12-22-43/h4-32,48-52H,33-39H2,1-3H3/t48-,49+,50+,51+,52+,54+/m0/s1. The van der Waals surface area contributed by atoms with E-state index in [0.29, 0.717) is 6.61 Å². The molecule has 64 heavy (non-hydrogen) atoms. The van der Waals surface area contributed by atoms with Crippen molar-refractivity contribution in [2.45, 2.75) is 93.5 Å². The first-order valence-electron chi connectivity index (χ1n) is 21.7. The fraction of sp³-hybridized carbons (Fsp3) is 0.296. The van der Waals surface area contributed by atoms with Gasteiger partial charge in [-0.15, -0.1) is 0 Å². The summed E-state index contributed by atoms with van der Waals surface area (Å²) < 4.78 is 40.7. The van der Waals surface area contributed by atoms with Crippen LogP contribution in [-0.4, -0.2) is 65.9 Å². The van der Waals surface area contributed by atoms with Crippen molar-refractivity contribution in [1.29, 1.82) is 0 Å². The molecule has 7 rings (SSSR count). The Balaban J connectivity index is 1.39. The lowest BCUT2D eigenvalue weighted by Gasteiger charge is -2.52. The van der Waals surface area contributed by atoms with Gasteiger partial charge < -0.3 is 33.3 Å². The summed E-state index contributed by atoms with van der Waals surface area (Å²) >= 11 is 1.27. The van der Waals surface area contributed by atoms with Crippen molar-refractivity contribution in [1.82, 2.24) is 4.90 Å². The van der Waals surface area contributed by atoms with Crippen LogP contribution < -0.4 is 0 Å². The molecule has 6 atom stereocenters. The maximum absolute atomic E-state index is 14.6. The van der Waals surface area contributed by atoms with Crippen molar-refractivity contribution < 1.29 is 38.0 Å². The first kappa shape index (κ1) is 46.4. The van der Waals surface area contributed by atoms with Gasteiger partial charge in [-0.2, -0.15) is 0 Å². The number of hydrogen-bond donors (Lipinski definition) is 0. The second-order valence-corrected chi connectivity index (χ2v) is 17.3. The number of rotatable bonds is 21. The number of esters is 1. The molecule has 1 saturated heterocycles. The van der Waals surface area contributed by atoms with Crippen molar-refractivity contribution in [2.75, 3.05) is 13.7 Å². The van der Waals surface area contributed by atoms with Crippen LogP contribution in [0.15, 0.2) is 181 Å². The van der Waals surface area contributed by atoms with E-state index in [9.17, 15) is 9.59 Å². The van der Waals surface area contributed by atoms with Gasteiger partial charge in [0, 0.05) is 24.8 Å². The van der Waals surface area contributed by atoms with E-state index in [1.54, 1.807) is 11.8 Å². The van der Waals surface area contributed by atoms with E-state index in [-0.39, 0.29) is 45.3 Å². The van der Waals surface area contributed by atoms with Gasteiger partial charge in [-0.1, -0.05) is 181 Å². The summed E-state index contributed by atoms with van der Waals surface area (Å²) in [6.07, 6.45) is -3.47. The van der Waals surface area contributed by atoms with Gasteiger partial charge in [0.05, 0.1) is 52.3 Å². The molecule has 0 N–H and O–H groups in total. The predicted octanol–water partition coefficient (Wildman–Crippen LogP) is 10.1. The molecule has 1 aliphatic heterocycles. The lowest BCUT2D eigenvalue weighted by molar-refractivity contribution is -0.243. The molecule has 0 radical (unpaired) electrons. The fourth-order valence-corrected chi connectivity index (χ4v) is 9.20. The first-order valence-corrected chi connectivity index (χ1v) is 22.5. The highest BCUT2D eigenvalue weighted by atomic mass is 32.2. The molecule has 0 bridgehead atoms. The van der Waals surface area contributed by atoms with E-state index in [0.717, 1.165) is 38.3 Å². The second-order valence-electron chi connectivity index (χ2n) is 16.0. The number of nitrogens with zero attached hydrogens (tertiary/aromatic N) is 1. The molecule has 0 saturated carbocycles. The third-order valence-corrected chi connectivity index (χ3v) is 12.5. The first-order chi connectivity index (χ1) is 31.3. The Bertz CT molecular complexity index is 2300. The number of ether oxygens (including phenoxy) is 6. The van der Waals surface area contributed by atoms with Gasteiger partial charge in [0.2, 0.25) is 10.8 Å². The number of hydrogen-bond acceptors (Lipinski definition) is 9. The number of benzene rings is 6. The quantitative estimate of drug-likeness (QED) is 0.0656. The zero-order valence-electron chi connectivity index (χ0n) is 36.7. The van der Waals surface area contributed by atoms with Gasteiger partial charge >= 0.3 is 5.97 Å². The molecule has 1 heterocycles. The lowest BCUT2D eigenvalue weighted by Crippen LogP contribution is -2.68. The summed E-state index contributed by atoms with van der Waals surface area (Å²) in [5, 5.41) is 0. The van der Waals surface area contributed by atoms with Gasteiger partial charge in [-0.3, -0.25) is 4.79 Å². The molecule has 10 heteroatoms. The largest absolute Gasteiger partial charge is 0.466 e. The number of carbonyl (C=O) groups is 2. The van der Waals surface area contributed by atoms with Crippen LogP contribution in [0.4, 0.5) is 0 Å². The number of amides is 1. The average Bonchev–Trinajstić information content (AvgIpc) is 3.33. The summed E-state index contributed by atoms with van der Waals surface area (Å²) in [5.74, 6) is -0.785. The van der Waals surface area contributed by atoms with Crippen molar-refractivity contribution in [2.24, 2.45) is 0 Å². The van der Waals surface area contributed by atoms with Crippen LogP contribution in [0.5, 0.6) is 0 Å². The van der Waals surface area contributed by atoms with Crippen molar-refractivity contribution >= 4 is 23.6 Å². The molecule has 1 amide bonds. The molecule has 0 unspecified atom stereocenters. The van der Waals surface area contributed by atoms with Crippen molar-refractivity contribution in [3.63, 3.8) is 0 Å². The third kappa shape index (κ3) is 12.8. The maximum Gasteiger partial charge on any atom is 0.349 e. The zero-order chi connectivity index (χ0) is 44.6. The Morgan fingerprint density at radius 1 is 0.656 bits per heavy atom. The summed E-state index contributed by atoms with van der Waals surface area (Å²) in [6, 6.07) is 56.6. The molecule has 332 valence electrons. The monoisotopic (exact) mass is 879 g/mol. The van der Waals surface area contributed by atoms with Crippen LogP contribution in [0.3, 0.4) is 0 Å². The van der Waals surface area contributed by atoms with Crippen LogP contribution in [0.25, 0.3) is 0 Å². The summed E-state index contributed by atoms with van der Waals surface area (Å²) in [7, 11) is 1.37. The van der Waals surface area contributed by atoms with Gasteiger partial charge in [0.25, 0.3) is 0 Å². The SMILES string of the molecule is COC(=O)[C@]1(Sc2ccc(C)cc2)C[C@H](OCc2ccccc2)[C@@H](N(Cc2ccccc2)C(C)=O)[C@H]([C@H](OCc2ccccc2)[C@@H](COCc2ccccc2)OCc2ccccc2)O1.